The van der Waals surface area contributed by atoms with Gasteiger partial charge in [0.15, 0.2) is 0 Å². The molecule has 1 aliphatic carbocycles. The van der Waals surface area contributed by atoms with Crippen LogP contribution < -0.4 is 10.6 Å². The van der Waals surface area contributed by atoms with Crippen molar-refractivity contribution in [2.45, 2.75) is 38.6 Å². The summed E-state index contributed by atoms with van der Waals surface area (Å²) in [6, 6.07) is 6.38. The first kappa shape index (κ1) is 13.3. The Kier molecular flexibility index (Phi) is 3.81. The quantitative estimate of drug-likeness (QED) is 0.890. The van der Waals surface area contributed by atoms with Gasteiger partial charge in [0.2, 0.25) is 0 Å². The monoisotopic (exact) mass is 273 g/mol. The Hall–Kier alpha value is -1.71. The Balaban J connectivity index is 1.81. The van der Waals surface area contributed by atoms with Gasteiger partial charge in [-0.05, 0) is 38.0 Å². The molecule has 0 atom stereocenters. The van der Waals surface area contributed by atoms with Gasteiger partial charge in [0, 0.05) is 31.2 Å². The minimum absolute atomic E-state index is 0.176. The number of hydrogen-bond donors (Lipinski definition) is 2. The highest BCUT2D eigenvalue weighted by molar-refractivity contribution is 5.96. The van der Waals surface area contributed by atoms with Gasteiger partial charge in [-0.1, -0.05) is 12.8 Å². The van der Waals surface area contributed by atoms with Gasteiger partial charge in [0.25, 0.3) is 5.91 Å². The molecule has 0 spiro atoms. The van der Waals surface area contributed by atoms with Crippen LogP contribution in [0.3, 0.4) is 0 Å². The number of rotatable bonds is 3. The molecule has 1 saturated carbocycles. The third-order valence-corrected chi connectivity index (χ3v) is 4.39. The van der Waals surface area contributed by atoms with E-state index in [0.29, 0.717) is 6.04 Å². The number of benzene rings is 1. The summed E-state index contributed by atoms with van der Waals surface area (Å²) in [5.41, 5.74) is 2.94. The van der Waals surface area contributed by atoms with Crippen LogP contribution >= 0.6 is 0 Å². The second-order valence-electron chi connectivity index (χ2n) is 5.64. The fourth-order valence-electron chi connectivity index (χ4n) is 3.32. The maximum absolute atomic E-state index is 12.7. The first-order chi connectivity index (χ1) is 9.79. The van der Waals surface area contributed by atoms with E-state index in [1.54, 1.807) is 0 Å². The normalized spacial score (nSPS) is 18.1. The smallest absolute Gasteiger partial charge is 0.254 e. The number of carbonyl (C=O) groups is 1. The minimum Gasteiger partial charge on any atom is -0.382 e. The van der Waals surface area contributed by atoms with Gasteiger partial charge >= 0.3 is 0 Å². The van der Waals surface area contributed by atoms with E-state index in [9.17, 15) is 4.79 Å². The number of anilines is 2. The molecule has 1 amide bonds. The topological polar surface area (TPSA) is 44.4 Å². The fourth-order valence-corrected chi connectivity index (χ4v) is 3.32. The zero-order valence-corrected chi connectivity index (χ0v) is 12.1. The lowest BCUT2D eigenvalue weighted by atomic mass is 10.1. The highest BCUT2D eigenvalue weighted by Gasteiger charge is 2.26. The number of nitrogens with one attached hydrogen (secondary N) is 2. The van der Waals surface area contributed by atoms with E-state index in [-0.39, 0.29) is 5.91 Å². The summed E-state index contributed by atoms with van der Waals surface area (Å²) >= 11 is 0. The van der Waals surface area contributed by atoms with Gasteiger partial charge in [-0.2, -0.15) is 0 Å². The van der Waals surface area contributed by atoms with Gasteiger partial charge in [-0.3, -0.25) is 4.79 Å². The van der Waals surface area contributed by atoms with Crippen LogP contribution in [0.15, 0.2) is 18.2 Å². The summed E-state index contributed by atoms with van der Waals surface area (Å²) in [4.78, 5) is 14.8. The molecule has 0 bridgehead atoms. The molecule has 0 radical (unpaired) electrons. The van der Waals surface area contributed by atoms with Crippen molar-refractivity contribution in [3.63, 3.8) is 0 Å². The number of amides is 1. The lowest BCUT2D eigenvalue weighted by molar-refractivity contribution is 0.0693. The van der Waals surface area contributed by atoms with Crippen LogP contribution in [0.4, 0.5) is 11.4 Å². The summed E-state index contributed by atoms with van der Waals surface area (Å²) in [6.07, 6.45) is 4.82. The highest BCUT2D eigenvalue weighted by atomic mass is 16.2. The van der Waals surface area contributed by atoms with Crippen molar-refractivity contribution < 1.29 is 4.79 Å². The average molecular weight is 273 g/mol. The molecule has 0 unspecified atom stereocenters. The van der Waals surface area contributed by atoms with Crippen LogP contribution in [0.25, 0.3) is 0 Å². The van der Waals surface area contributed by atoms with Crippen LogP contribution in [0.1, 0.15) is 43.0 Å². The molecule has 0 saturated heterocycles. The molecule has 2 N–H and O–H groups in total. The summed E-state index contributed by atoms with van der Waals surface area (Å²) in [7, 11) is 0. The molecule has 1 fully saturated rings. The second-order valence-corrected chi connectivity index (χ2v) is 5.64. The first-order valence-corrected chi connectivity index (χ1v) is 7.72. The standard InChI is InChI=1S/C16H23N3O/c1-2-19(13-5-3-4-6-13)16(20)12-7-8-14-15(11-12)18-10-9-17-14/h7-8,11,13,17-18H,2-6,9-10H2,1H3. The van der Waals surface area contributed by atoms with Crippen LogP contribution in [-0.2, 0) is 0 Å². The van der Waals surface area contributed by atoms with Gasteiger partial charge in [-0.25, -0.2) is 0 Å². The molecule has 3 rings (SSSR count). The Bertz CT molecular complexity index is 494. The van der Waals surface area contributed by atoms with E-state index in [2.05, 4.69) is 17.6 Å². The summed E-state index contributed by atoms with van der Waals surface area (Å²) < 4.78 is 0. The third kappa shape index (κ3) is 2.47. The van der Waals surface area contributed by atoms with Crippen LogP contribution in [0.2, 0.25) is 0 Å². The molecular formula is C16H23N3O. The molecule has 1 heterocycles. The molecule has 1 aromatic carbocycles. The highest BCUT2D eigenvalue weighted by Crippen LogP contribution is 2.28. The SMILES string of the molecule is CCN(C(=O)c1ccc2c(c1)NCCN2)C1CCCC1. The van der Waals surface area contributed by atoms with E-state index in [0.717, 1.165) is 49.4 Å². The summed E-state index contributed by atoms with van der Waals surface area (Å²) in [5.74, 6) is 0.176. The lowest BCUT2D eigenvalue weighted by Crippen LogP contribution is -2.38. The molecule has 4 heteroatoms. The lowest BCUT2D eigenvalue weighted by Gasteiger charge is -2.28. The zero-order chi connectivity index (χ0) is 13.9. The van der Waals surface area contributed by atoms with Gasteiger partial charge in [-0.15, -0.1) is 0 Å². The van der Waals surface area contributed by atoms with E-state index < -0.39 is 0 Å². The Morgan fingerprint density at radius 1 is 1.20 bits per heavy atom. The van der Waals surface area contributed by atoms with Crippen molar-refractivity contribution in [2.75, 3.05) is 30.3 Å². The largest absolute Gasteiger partial charge is 0.382 e. The summed E-state index contributed by atoms with van der Waals surface area (Å²) in [5, 5.41) is 6.69. The maximum Gasteiger partial charge on any atom is 0.254 e. The van der Waals surface area contributed by atoms with Gasteiger partial charge in [0.1, 0.15) is 0 Å². The maximum atomic E-state index is 12.7. The molecule has 4 nitrogen and oxygen atoms in total. The number of hydrogen-bond acceptors (Lipinski definition) is 3. The minimum atomic E-state index is 0.176. The van der Waals surface area contributed by atoms with Crippen molar-refractivity contribution in [1.82, 2.24) is 4.90 Å². The number of carbonyl (C=O) groups excluding carboxylic acids is 1. The van der Waals surface area contributed by atoms with E-state index >= 15 is 0 Å². The first-order valence-electron chi connectivity index (χ1n) is 7.72. The predicted octanol–water partition coefficient (Wildman–Crippen LogP) is 2.93. The van der Waals surface area contributed by atoms with Crippen LogP contribution in [0.5, 0.6) is 0 Å². The van der Waals surface area contributed by atoms with Crippen LogP contribution in [-0.4, -0.2) is 36.5 Å². The number of nitrogens with zero attached hydrogens (tertiary/aromatic N) is 1. The zero-order valence-electron chi connectivity index (χ0n) is 12.1. The molecule has 20 heavy (non-hydrogen) atoms. The Morgan fingerprint density at radius 2 is 1.90 bits per heavy atom. The van der Waals surface area contributed by atoms with E-state index in [1.165, 1.54) is 12.8 Å². The molecule has 0 aromatic heterocycles. The van der Waals surface area contributed by atoms with Gasteiger partial charge in [0.05, 0.1) is 11.4 Å². The molecule has 2 aliphatic rings. The second kappa shape index (κ2) is 5.73. The van der Waals surface area contributed by atoms with Crippen molar-refractivity contribution in [2.24, 2.45) is 0 Å². The predicted molar refractivity (Wildman–Crippen MR) is 82.4 cm³/mol. The molecular weight excluding hydrogens is 250 g/mol. The molecule has 1 aromatic rings. The van der Waals surface area contributed by atoms with Crippen molar-refractivity contribution in [1.29, 1.82) is 0 Å². The van der Waals surface area contributed by atoms with Crippen molar-refractivity contribution in [3.05, 3.63) is 23.8 Å². The fraction of sp³-hybridized carbons (Fsp3) is 0.562. The number of fused-ring (bicyclic) bond motifs is 1. The average Bonchev–Trinajstić information content (AvgIpc) is 3.01. The van der Waals surface area contributed by atoms with E-state index in [4.69, 9.17) is 0 Å². The Labute approximate surface area is 120 Å². The van der Waals surface area contributed by atoms with Crippen molar-refractivity contribution in [3.8, 4) is 0 Å². The molecule has 1 aliphatic heterocycles. The molecule has 108 valence electrons. The van der Waals surface area contributed by atoms with Crippen LogP contribution in [0, 0.1) is 0 Å². The van der Waals surface area contributed by atoms with Gasteiger partial charge < -0.3 is 15.5 Å². The summed E-state index contributed by atoms with van der Waals surface area (Å²) in [6.45, 7) is 4.72. The Morgan fingerprint density at radius 3 is 2.60 bits per heavy atom. The van der Waals surface area contributed by atoms with E-state index in [1.807, 2.05) is 23.1 Å². The van der Waals surface area contributed by atoms with Crippen molar-refractivity contribution >= 4 is 17.3 Å². The third-order valence-electron chi connectivity index (χ3n) is 4.39.